The van der Waals surface area contributed by atoms with Gasteiger partial charge in [0.2, 0.25) is 0 Å². The first kappa shape index (κ1) is 29.1. The normalized spacial score (nSPS) is 14.7. The third kappa shape index (κ3) is 5.44. The number of nitrogens with zero attached hydrogens (tertiary/aromatic N) is 2. The minimum absolute atomic E-state index is 0.145. The number of benzene rings is 4. The minimum Gasteiger partial charge on any atom is -0.496 e. The van der Waals surface area contributed by atoms with Crippen molar-refractivity contribution < 1.29 is 19.0 Å². The summed E-state index contributed by atoms with van der Waals surface area (Å²) in [5.41, 5.74) is 3.42. The van der Waals surface area contributed by atoms with Crippen LogP contribution < -0.4 is 29.1 Å². The average Bonchev–Trinajstić information content (AvgIpc) is 3.33. The fourth-order valence-corrected chi connectivity index (χ4v) is 6.71. The van der Waals surface area contributed by atoms with Gasteiger partial charge >= 0.3 is 0 Å². The van der Waals surface area contributed by atoms with Crippen LogP contribution in [0.15, 0.2) is 106 Å². The lowest BCUT2D eigenvalue weighted by Gasteiger charge is -2.27. The van der Waals surface area contributed by atoms with Crippen molar-refractivity contribution in [2.24, 2.45) is 4.99 Å². The molecule has 0 radical (unpaired) electrons. The lowest BCUT2D eigenvalue weighted by Crippen LogP contribution is -2.39. The molecule has 0 fully saturated rings. The van der Waals surface area contributed by atoms with Crippen LogP contribution in [0.3, 0.4) is 0 Å². The maximum atomic E-state index is 14.2. The predicted molar refractivity (Wildman–Crippen MR) is 173 cm³/mol. The topological polar surface area (TPSA) is 79.1 Å². The van der Waals surface area contributed by atoms with Crippen LogP contribution in [0, 0.1) is 0 Å². The standard InChI is InChI=1S/C36H32N2O5S/c1-5-42-30-19-25(15-17-28(30)43-21-24-11-7-6-8-12-24)20-31-35(40)38-34(32(23(3)39)22(2)37-36(38)44-31)33-27-14-10-9-13-26(27)16-18-29(33)41-4/h6-20,34H,5,21H2,1-4H3. The van der Waals surface area contributed by atoms with Crippen LogP contribution in [0.2, 0.25) is 0 Å². The monoisotopic (exact) mass is 604 g/mol. The molecule has 5 aromatic rings. The number of hydrogen-bond donors (Lipinski definition) is 0. The fourth-order valence-electron chi connectivity index (χ4n) is 5.67. The van der Waals surface area contributed by atoms with E-state index in [0.29, 0.717) is 51.1 Å². The zero-order valence-electron chi connectivity index (χ0n) is 25.0. The van der Waals surface area contributed by atoms with Gasteiger partial charge in [0.15, 0.2) is 22.1 Å². The molecule has 0 bridgehead atoms. The molecule has 6 rings (SSSR count). The van der Waals surface area contributed by atoms with Crippen LogP contribution >= 0.6 is 11.3 Å². The Bertz CT molecular complexity index is 2090. The Morgan fingerprint density at radius 1 is 0.955 bits per heavy atom. The van der Waals surface area contributed by atoms with E-state index in [1.165, 1.54) is 18.3 Å². The van der Waals surface area contributed by atoms with Gasteiger partial charge in [-0.3, -0.25) is 14.2 Å². The summed E-state index contributed by atoms with van der Waals surface area (Å²) in [6.45, 7) is 6.13. The number of carbonyl (C=O) groups is 1. The molecule has 0 saturated heterocycles. The summed E-state index contributed by atoms with van der Waals surface area (Å²) in [5.74, 6) is 1.68. The second kappa shape index (κ2) is 12.3. The number of fused-ring (bicyclic) bond motifs is 2. The molecular weight excluding hydrogens is 572 g/mol. The summed E-state index contributed by atoms with van der Waals surface area (Å²) < 4.78 is 19.9. The first-order valence-electron chi connectivity index (χ1n) is 14.4. The van der Waals surface area contributed by atoms with Crippen molar-refractivity contribution in [3.8, 4) is 17.2 Å². The number of ether oxygens (including phenoxy) is 3. The van der Waals surface area contributed by atoms with Gasteiger partial charge in [-0.1, -0.05) is 78.1 Å². The highest BCUT2D eigenvalue weighted by atomic mass is 32.1. The highest BCUT2D eigenvalue weighted by molar-refractivity contribution is 7.07. The molecule has 0 saturated carbocycles. The number of ketones is 1. The zero-order chi connectivity index (χ0) is 30.8. The molecule has 1 atom stereocenters. The van der Waals surface area contributed by atoms with E-state index in [4.69, 9.17) is 19.2 Å². The summed E-state index contributed by atoms with van der Waals surface area (Å²) in [6.07, 6.45) is 1.83. The highest BCUT2D eigenvalue weighted by Crippen LogP contribution is 2.40. The number of aromatic nitrogens is 1. The summed E-state index contributed by atoms with van der Waals surface area (Å²) >= 11 is 1.29. The summed E-state index contributed by atoms with van der Waals surface area (Å²) in [5, 5.41) is 1.90. The van der Waals surface area contributed by atoms with Crippen molar-refractivity contribution in [1.82, 2.24) is 4.57 Å². The van der Waals surface area contributed by atoms with Crippen LogP contribution in [0.5, 0.6) is 17.2 Å². The second-order valence-corrected chi connectivity index (χ2v) is 11.5. The van der Waals surface area contributed by atoms with Crippen molar-refractivity contribution in [2.45, 2.75) is 33.4 Å². The molecule has 4 aromatic carbocycles. The maximum Gasteiger partial charge on any atom is 0.271 e. The number of allylic oxidation sites excluding steroid dienone is 2. The van der Waals surface area contributed by atoms with Crippen molar-refractivity contribution in [3.05, 3.63) is 133 Å². The maximum absolute atomic E-state index is 14.2. The molecule has 2 heterocycles. The molecule has 222 valence electrons. The first-order valence-corrected chi connectivity index (χ1v) is 15.2. The van der Waals surface area contributed by atoms with Crippen LogP contribution in [0.25, 0.3) is 16.8 Å². The smallest absolute Gasteiger partial charge is 0.271 e. The van der Waals surface area contributed by atoms with Gasteiger partial charge in [0.1, 0.15) is 12.4 Å². The van der Waals surface area contributed by atoms with Crippen LogP contribution in [-0.2, 0) is 11.4 Å². The van der Waals surface area contributed by atoms with E-state index >= 15 is 0 Å². The van der Waals surface area contributed by atoms with E-state index in [2.05, 4.69) is 0 Å². The quantitative estimate of drug-likeness (QED) is 0.207. The molecule has 0 N–H and O–H groups in total. The third-order valence-corrected chi connectivity index (χ3v) is 8.61. The largest absolute Gasteiger partial charge is 0.496 e. The van der Waals surface area contributed by atoms with Gasteiger partial charge in [0.25, 0.3) is 5.56 Å². The van der Waals surface area contributed by atoms with E-state index in [0.717, 1.165) is 27.5 Å². The summed E-state index contributed by atoms with van der Waals surface area (Å²) in [7, 11) is 1.60. The minimum atomic E-state index is -0.695. The van der Waals surface area contributed by atoms with E-state index in [9.17, 15) is 9.59 Å². The van der Waals surface area contributed by atoms with E-state index in [1.54, 1.807) is 11.7 Å². The van der Waals surface area contributed by atoms with Crippen LogP contribution in [0.1, 0.15) is 43.5 Å². The Kier molecular flexibility index (Phi) is 8.17. The predicted octanol–water partition coefficient (Wildman–Crippen LogP) is 5.96. The number of methoxy groups -OCH3 is 1. The van der Waals surface area contributed by atoms with Gasteiger partial charge in [-0.15, -0.1) is 0 Å². The van der Waals surface area contributed by atoms with Gasteiger partial charge in [-0.25, -0.2) is 4.99 Å². The molecule has 0 aliphatic carbocycles. The zero-order valence-corrected chi connectivity index (χ0v) is 25.8. The number of carbonyl (C=O) groups excluding carboxylic acids is 1. The van der Waals surface area contributed by atoms with Gasteiger partial charge in [0.05, 0.1) is 24.3 Å². The molecule has 8 heteroatoms. The molecule has 0 amide bonds. The number of hydrogen-bond acceptors (Lipinski definition) is 7. The molecule has 44 heavy (non-hydrogen) atoms. The van der Waals surface area contributed by atoms with Gasteiger partial charge in [0, 0.05) is 16.8 Å². The Labute approximate surface area is 259 Å². The number of rotatable bonds is 9. The third-order valence-electron chi connectivity index (χ3n) is 7.63. The Balaban J connectivity index is 1.48. The first-order chi connectivity index (χ1) is 21.4. The number of thiazole rings is 1. The van der Waals surface area contributed by atoms with Crippen molar-refractivity contribution in [1.29, 1.82) is 0 Å². The number of Topliss-reactive ketones (excluding diaryl/α,β-unsaturated/α-hetero) is 1. The highest BCUT2D eigenvalue weighted by Gasteiger charge is 2.33. The van der Waals surface area contributed by atoms with Crippen molar-refractivity contribution in [3.63, 3.8) is 0 Å². The van der Waals surface area contributed by atoms with Gasteiger partial charge in [-0.05, 0) is 66.9 Å². The van der Waals surface area contributed by atoms with E-state index in [1.807, 2.05) is 105 Å². The molecule has 0 spiro atoms. The molecular formula is C36H32N2O5S. The summed E-state index contributed by atoms with van der Waals surface area (Å²) in [6, 6.07) is 26.7. The average molecular weight is 605 g/mol. The molecule has 1 aliphatic rings. The lowest BCUT2D eigenvalue weighted by molar-refractivity contribution is -0.114. The molecule has 7 nitrogen and oxygen atoms in total. The fraction of sp³-hybridized carbons (Fsp3) is 0.194. The van der Waals surface area contributed by atoms with Gasteiger partial charge in [-0.2, -0.15) is 0 Å². The SMILES string of the molecule is CCOc1cc(C=c2sc3n(c2=O)C(c2c(OC)ccc4ccccc24)C(C(C)=O)=C(C)N=3)ccc1OCc1ccccc1. The second-order valence-electron chi connectivity index (χ2n) is 10.5. The molecule has 1 aliphatic heterocycles. The molecule has 1 aromatic heterocycles. The van der Waals surface area contributed by atoms with Crippen LogP contribution in [0.4, 0.5) is 0 Å². The lowest BCUT2D eigenvalue weighted by atomic mass is 9.89. The van der Waals surface area contributed by atoms with Crippen LogP contribution in [-0.4, -0.2) is 24.1 Å². The van der Waals surface area contributed by atoms with Gasteiger partial charge < -0.3 is 14.2 Å². The summed E-state index contributed by atoms with van der Waals surface area (Å²) in [4.78, 5) is 32.6. The van der Waals surface area contributed by atoms with E-state index < -0.39 is 6.04 Å². The Morgan fingerprint density at radius 2 is 1.70 bits per heavy atom. The van der Waals surface area contributed by atoms with Crippen molar-refractivity contribution >= 4 is 34.0 Å². The van der Waals surface area contributed by atoms with Crippen molar-refractivity contribution in [2.75, 3.05) is 13.7 Å². The molecule has 1 unspecified atom stereocenters. The van der Waals surface area contributed by atoms with E-state index in [-0.39, 0.29) is 11.3 Å². The Morgan fingerprint density at radius 3 is 2.45 bits per heavy atom. The Hall–Kier alpha value is -4.95.